The summed E-state index contributed by atoms with van der Waals surface area (Å²) in [6.07, 6.45) is 4.81. The van der Waals surface area contributed by atoms with Crippen LogP contribution in [-0.4, -0.2) is 44.9 Å². The summed E-state index contributed by atoms with van der Waals surface area (Å²) in [4.78, 5) is 13.3. The van der Waals surface area contributed by atoms with E-state index in [1.165, 1.54) is 18.9 Å². The van der Waals surface area contributed by atoms with Crippen molar-refractivity contribution in [2.45, 2.75) is 12.6 Å². The summed E-state index contributed by atoms with van der Waals surface area (Å²) in [6.45, 7) is 3.41. The third-order valence-corrected chi connectivity index (χ3v) is 8.03. The van der Waals surface area contributed by atoms with Crippen LogP contribution in [-0.2, 0) is 20.9 Å². The van der Waals surface area contributed by atoms with Gasteiger partial charge < -0.3 is 14.4 Å². The molecule has 1 N–H and O–H groups in total. The molecule has 1 aromatic heterocycles. The number of rotatable bonds is 8. The number of carbonyl (C=O) groups is 1. The number of carbonyl (C=O) groups excluding carboxylic acids is 1. The normalized spacial score (nSPS) is 14.9. The molecule has 0 aliphatic heterocycles. The van der Waals surface area contributed by atoms with Crippen molar-refractivity contribution in [2.75, 3.05) is 34.4 Å². The van der Waals surface area contributed by atoms with Gasteiger partial charge in [-0.3, -0.25) is 13.8 Å². The van der Waals surface area contributed by atoms with Crippen LogP contribution in [0.2, 0.25) is 5.02 Å². The average molecular weight is 507 g/mol. The quantitative estimate of drug-likeness (QED) is 0.304. The maximum atomic E-state index is 14.5. The zero-order valence-electron chi connectivity index (χ0n) is 20.3. The molecule has 2 unspecified atom stereocenters. The van der Waals surface area contributed by atoms with Gasteiger partial charge in [0.25, 0.3) is 0 Å². The molecule has 2 aromatic carbocycles. The number of benzene rings is 2. The molecule has 0 radical (unpaired) electrons. The molecule has 0 fully saturated rings. The van der Waals surface area contributed by atoms with Crippen LogP contribution in [0.5, 0.6) is 0 Å². The number of nitrogens with zero attached hydrogens (tertiary/aromatic N) is 2. The molecule has 3 rings (SSSR count). The van der Waals surface area contributed by atoms with Gasteiger partial charge in [0.05, 0.1) is 27.7 Å². The summed E-state index contributed by atoms with van der Waals surface area (Å²) in [5.74, 6) is -0.813. The summed E-state index contributed by atoms with van der Waals surface area (Å²) in [7, 11) is 4.11. The number of aromatic nitrogens is 1. The van der Waals surface area contributed by atoms with E-state index in [0.717, 1.165) is 10.9 Å². The molecule has 1 heterocycles. The predicted molar refractivity (Wildman–Crippen MR) is 139 cm³/mol. The Morgan fingerprint density at radius 2 is 1.97 bits per heavy atom. The van der Waals surface area contributed by atoms with Crippen molar-refractivity contribution >= 4 is 47.5 Å². The van der Waals surface area contributed by atoms with Gasteiger partial charge in [-0.1, -0.05) is 11.6 Å². The Morgan fingerprint density at radius 3 is 2.59 bits per heavy atom. The summed E-state index contributed by atoms with van der Waals surface area (Å²) in [6, 6.07) is 10.3. The number of hydrogen-bond acceptors (Lipinski definition) is 3. The molecule has 34 heavy (non-hydrogen) atoms. The maximum Gasteiger partial charge on any atom is 0.241 e. The lowest BCUT2D eigenvalue weighted by Crippen LogP contribution is -2.35. The van der Waals surface area contributed by atoms with Gasteiger partial charge in [-0.05, 0) is 54.5 Å². The number of aryl methyl sites for hydroxylation is 1. The predicted octanol–water partition coefficient (Wildman–Crippen LogP) is 5.94. The van der Waals surface area contributed by atoms with Crippen molar-refractivity contribution in [1.82, 2.24) is 14.4 Å². The van der Waals surface area contributed by atoms with Crippen LogP contribution in [0.25, 0.3) is 17.0 Å². The molecule has 0 saturated carbocycles. The second-order valence-electron chi connectivity index (χ2n) is 9.15. The minimum Gasteiger partial charge on any atom is -0.350 e. The number of amides is 1. The molecule has 2 atom stereocenters. The average Bonchev–Trinajstić information content (AvgIpc) is 3.02. The minimum atomic E-state index is -3.40. The molecule has 0 aliphatic rings. The molecule has 3 aromatic rings. The number of halogens is 2. The second-order valence-corrected chi connectivity index (χ2v) is 12.2. The second kappa shape index (κ2) is 10.0. The topological polar surface area (TPSA) is 60.3 Å². The lowest BCUT2D eigenvalue weighted by Gasteiger charge is -2.23. The maximum absolute atomic E-state index is 14.5. The highest BCUT2D eigenvalue weighted by Crippen LogP contribution is 2.58. The van der Waals surface area contributed by atoms with Crippen LogP contribution in [0.15, 0.2) is 48.8 Å². The number of quaternary nitrogens is 1. The van der Waals surface area contributed by atoms with Crippen LogP contribution >= 0.6 is 19.0 Å². The zero-order chi connectivity index (χ0) is 25.3. The van der Waals surface area contributed by atoms with Crippen molar-refractivity contribution < 1.29 is 18.3 Å². The Balaban J connectivity index is 1.93. The van der Waals surface area contributed by atoms with Gasteiger partial charge in [0, 0.05) is 48.1 Å². The largest absolute Gasteiger partial charge is 0.350 e. The van der Waals surface area contributed by atoms with Gasteiger partial charge in [-0.25, -0.2) is 4.39 Å². The van der Waals surface area contributed by atoms with Crippen molar-refractivity contribution in [2.24, 2.45) is 7.05 Å². The highest BCUT2D eigenvalue weighted by Gasteiger charge is 2.38. The molecule has 9 heteroatoms. The monoisotopic (exact) mass is 506 g/mol. The van der Waals surface area contributed by atoms with Gasteiger partial charge in [0.1, 0.15) is 5.66 Å². The Hall–Kier alpha value is -2.44. The van der Waals surface area contributed by atoms with Crippen LogP contribution in [0, 0.1) is 5.82 Å². The number of fused-ring (bicyclic) bond motifs is 1. The molecule has 0 spiro atoms. The Morgan fingerprint density at radius 1 is 1.26 bits per heavy atom. The fourth-order valence-electron chi connectivity index (χ4n) is 4.02. The standard InChI is InChI=1S/C25H30ClFN3O3P/c1-7-33-34(6,32)24(20-16-29(2)22-10-9-18(26)15-19(20)22)25(31)28-13-12-17-8-11-23(21(27)14-17)30(3,4)5/h8-16,24H,7H2,1-6H3/p+1/b13-12+. The first-order chi connectivity index (χ1) is 15.8. The van der Waals surface area contributed by atoms with Crippen LogP contribution < -0.4 is 9.80 Å². The van der Waals surface area contributed by atoms with Gasteiger partial charge in [-0.15, -0.1) is 0 Å². The van der Waals surface area contributed by atoms with Gasteiger partial charge in [0.2, 0.25) is 13.3 Å². The summed E-state index contributed by atoms with van der Waals surface area (Å²) < 4.78 is 35.8. The SMILES string of the molecule is CCOP(C)(=O)C(C(=O)N/C=C/c1ccc([N+](C)(C)C)c(F)c1)c1cn(C)c2ccc(Cl)cc12. The van der Waals surface area contributed by atoms with E-state index in [1.54, 1.807) is 43.5 Å². The van der Waals surface area contributed by atoms with Crippen LogP contribution in [0.4, 0.5) is 10.1 Å². The van der Waals surface area contributed by atoms with Crippen molar-refractivity contribution in [1.29, 1.82) is 0 Å². The van der Waals surface area contributed by atoms with E-state index in [-0.39, 0.29) is 12.4 Å². The molecule has 0 saturated heterocycles. The number of nitrogens with one attached hydrogen (secondary N) is 1. The van der Waals surface area contributed by atoms with E-state index >= 15 is 0 Å². The first-order valence-electron chi connectivity index (χ1n) is 10.9. The smallest absolute Gasteiger partial charge is 0.241 e. The first kappa shape index (κ1) is 26.2. The van der Waals surface area contributed by atoms with Crippen molar-refractivity contribution in [3.63, 3.8) is 0 Å². The molecule has 182 valence electrons. The summed E-state index contributed by atoms with van der Waals surface area (Å²) in [5, 5.41) is 3.96. The number of hydrogen-bond donors (Lipinski definition) is 1. The van der Waals surface area contributed by atoms with E-state index < -0.39 is 18.9 Å². The van der Waals surface area contributed by atoms with Crippen LogP contribution in [0.1, 0.15) is 23.7 Å². The Bertz CT molecular complexity index is 1300. The van der Waals surface area contributed by atoms with E-state index in [0.29, 0.717) is 26.3 Å². The summed E-state index contributed by atoms with van der Waals surface area (Å²) >= 11 is 6.21. The zero-order valence-corrected chi connectivity index (χ0v) is 22.0. The molecule has 1 amide bonds. The molecule has 6 nitrogen and oxygen atoms in total. The van der Waals surface area contributed by atoms with Gasteiger partial charge in [0.15, 0.2) is 11.5 Å². The van der Waals surface area contributed by atoms with Gasteiger partial charge in [-0.2, -0.15) is 0 Å². The van der Waals surface area contributed by atoms with E-state index in [1.807, 2.05) is 38.8 Å². The van der Waals surface area contributed by atoms with E-state index in [4.69, 9.17) is 16.1 Å². The van der Waals surface area contributed by atoms with Crippen molar-refractivity contribution in [3.8, 4) is 0 Å². The van der Waals surface area contributed by atoms with Gasteiger partial charge >= 0.3 is 0 Å². The summed E-state index contributed by atoms with van der Waals surface area (Å²) in [5.41, 5.74) is 1.53. The fraction of sp³-hybridized carbons (Fsp3) is 0.320. The van der Waals surface area contributed by atoms with Crippen molar-refractivity contribution in [3.05, 3.63) is 70.8 Å². The Kier molecular flexibility index (Phi) is 7.73. The molecular weight excluding hydrogens is 476 g/mol. The Labute approximate surface area is 205 Å². The van der Waals surface area contributed by atoms with E-state index in [2.05, 4.69) is 5.32 Å². The molecular formula is C25H31ClFN3O3P+. The van der Waals surface area contributed by atoms with E-state index in [9.17, 15) is 13.8 Å². The first-order valence-corrected chi connectivity index (χ1v) is 13.4. The molecule has 0 bridgehead atoms. The fourth-order valence-corrected chi connectivity index (χ4v) is 6.07. The highest BCUT2D eigenvalue weighted by atomic mass is 35.5. The third kappa shape index (κ3) is 5.61. The minimum absolute atomic E-state index is 0.205. The lowest BCUT2D eigenvalue weighted by molar-refractivity contribution is -0.120. The molecule has 0 aliphatic carbocycles. The van der Waals surface area contributed by atoms with Crippen LogP contribution in [0.3, 0.4) is 0 Å². The third-order valence-electron chi connectivity index (χ3n) is 5.58. The highest BCUT2D eigenvalue weighted by molar-refractivity contribution is 7.59. The lowest BCUT2D eigenvalue weighted by atomic mass is 10.1.